The lowest BCUT2D eigenvalue weighted by atomic mass is 10.1. The van der Waals surface area contributed by atoms with E-state index in [0.717, 1.165) is 5.69 Å². The number of nitrogens with zero attached hydrogens (tertiary/aromatic N) is 3. The second-order valence-corrected chi connectivity index (χ2v) is 6.09. The minimum absolute atomic E-state index is 0.0651. The van der Waals surface area contributed by atoms with Gasteiger partial charge in [-0.1, -0.05) is 47.1 Å². The van der Waals surface area contributed by atoms with Gasteiger partial charge in [0.05, 0.1) is 10.6 Å². The molecule has 0 aliphatic carbocycles. The Labute approximate surface area is 143 Å². The Kier molecular flexibility index (Phi) is 3.78. The van der Waals surface area contributed by atoms with Crippen molar-refractivity contribution in [2.45, 2.75) is 12.3 Å². The first-order chi connectivity index (χ1) is 11.7. The van der Waals surface area contributed by atoms with Gasteiger partial charge in [-0.15, -0.1) is 0 Å². The van der Waals surface area contributed by atoms with Crippen LogP contribution in [0, 0.1) is 0 Å². The van der Waals surface area contributed by atoms with E-state index in [1.807, 2.05) is 48.5 Å². The lowest BCUT2D eigenvalue weighted by molar-refractivity contribution is -0.117. The highest BCUT2D eigenvalue weighted by atomic mass is 35.5. The van der Waals surface area contributed by atoms with Gasteiger partial charge in [0.15, 0.2) is 5.82 Å². The molecule has 120 valence electrons. The average molecular weight is 340 g/mol. The molecule has 5 nitrogen and oxygen atoms in total. The molecule has 1 aliphatic heterocycles. The number of aromatic nitrogens is 2. The molecular weight excluding hydrogens is 326 g/mol. The first-order valence-electron chi connectivity index (χ1n) is 7.66. The molecule has 1 fully saturated rings. The highest BCUT2D eigenvalue weighted by Gasteiger charge is 2.34. The van der Waals surface area contributed by atoms with Crippen LogP contribution in [-0.2, 0) is 4.79 Å². The third kappa shape index (κ3) is 2.67. The summed E-state index contributed by atoms with van der Waals surface area (Å²) in [4.78, 5) is 18.5. The molecule has 1 saturated heterocycles. The summed E-state index contributed by atoms with van der Waals surface area (Å²) < 4.78 is 5.34. The quantitative estimate of drug-likeness (QED) is 0.726. The van der Waals surface area contributed by atoms with Gasteiger partial charge in [0.25, 0.3) is 5.89 Å². The molecule has 1 amide bonds. The number of para-hydroxylation sites is 1. The zero-order valence-electron chi connectivity index (χ0n) is 12.7. The molecule has 0 radical (unpaired) electrons. The molecule has 24 heavy (non-hydrogen) atoms. The fourth-order valence-electron chi connectivity index (χ4n) is 2.88. The van der Waals surface area contributed by atoms with Crippen molar-refractivity contribution >= 4 is 23.2 Å². The third-order valence-corrected chi connectivity index (χ3v) is 4.43. The molecule has 0 N–H and O–H groups in total. The lowest BCUT2D eigenvalue weighted by Gasteiger charge is -2.15. The third-order valence-electron chi connectivity index (χ3n) is 4.10. The van der Waals surface area contributed by atoms with Crippen LogP contribution < -0.4 is 4.90 Å². The number of carbonyl (C=O) groups excluding carboxylic acids is 1. The normalized spacial score (nSPS) is 17.5. The van der Waals surface area contributed by atoms with Crippen molar-refractivity contribution in [1.29, 1.82) is 0 Å². The zero-order chi connectivity index (χ0) is 16.5. The van der Waals surface area contributed by atoms with Gasteiger partial charge in [-0.25, -0.2) is 0 Å². The summed E-state index contributed by atoms with van der Waals surface area (Å²) in [5.74, 6) is 0.894. The van der Waals surface area contributed by atoms with Gasteiger partial charge in [0.2, 0.25) is 5.91 Å². The fourth-order valence-corrected chi connectivity index (χ4v) is 3.10. The Morgan fingerprint density at radius 2 is 1.83 bits per heavy atom. The highest BCUT2D eigenvalue weighted by molar-refractivity contribution is 6.33. The molecule has 1 atom stereocenters. The van der Waals surface area contributed by atoms with E-state index in [1.54, 1.807) is 11.0 Å². The summed E-state index contributed by atoms with van der Waals surface area (Å²) in [7, 11) is 0. The van der Waals surface area contributed by atoms with E-state index >= 15 is 0 Å². The second-order valence-electron chi connectivity index (χ2n) is 5.68. The average Bonchev–Trinajstić information content (AvgIpc) is 3.23. The van der Waals surface area contributed by atoms with Crippen LogP contribution in [0.5, 0.6) is 0 Å². The molecular formula is C18H14ClN3O2. The van der Waals surface area contributed by atoms with Crippen LogP contribution in [-0.4, -0.2) is 22.6 Å². The molecule has 1 aromatic heterocycles. The molecule has 1 unspecified atom stereocenters. The minimum atomic E-state index is -0.0855. The number of halogens is 1. The van der Waals surface area contributed by atoms with Crippen molar-refractivity contribution in [1.82, 2.24) is 10.1 Å². The van der Waals surface area contributed by atoms with E-state index in [2.05, 4.69) is 10.1 Å². The Morgan fingerprint density at radius 3 is 2.62 bits per heavy atom. The van der Waals surface area contributed by atoms with Crippen LogP contribution in [0.15, 0.2) is 59.1 Å². The van der Waals surface area contributed by atoms with E-state index < -0.39 is 0 Å². The number of amides is 1. The van der Waals surface area contributed by atoms with E-state index in [4.69, 9.17) is 16.1 Å². The summed E-state index contributed by atoms with van der Waals surface area (Å²) >= 11 is 6.16. The van der Waals surface area contributed by atoms with Crippen molar-refractivity contribution in [2.75, 3.05) is 11.4 Å². The molecule has 2 heterocycles. The Balaban J connectivity index is 1.58. The van der Waals surface area contributed by atoms with Gasteiger partial charge in [-0.05, 0) is 24.3 Å². The number of carbonyl (C=O) groups is 1. The van der Waals surface area contributed by atoms with Crippen molar-refractivity contribution in [3.05, 3.63) is 65.4 Å². The standard InChI is InChI=1S/C18H14ClN3O2/c19-15-9-5-4-8-14(15)18-20-17(21-24-18)12-10-16(23)22(11-12)13-6-2-1-3-7-13/h1-9,12H,10-11H2. The number of benzene rings is 2. The Morgan fingerprint density at radius 1 is 1.08 bits per heavy atom. The molecule has 2 aromatic carbocycles. The topological polar surface area (TPSA) is 59.2 Å². The van der Waals surface area contributed by atoms with Crippen LogP contribution in [0.2, 0.25) is 5.02 Å². The first kappa shape index (κ1) is 14.9. The monoisotopic (exact) mass is 339 g/mol. The number of hydrogen-bond acceptors (Lipinski definition) is 4. The molecule has 4 rings (SSSR count). The maximum absolute atomic E-state index is 12.3. The summed E-state index contributed by atoms with van der Waals surface area (Å²) in [5.41, 5.74) is 1.59. The lowest BCUT2D eigenvalue weighted by Crippen LogP contribution is -2.24. The zero-order valence-corrected chi connectivity index (χ0v) is 13.5. The molecule has 3 aromatic rings. The SMILES string of the molecule is O=C1CC(c2noc(-c3ccccc3Cl)n2)CN1c1ccccc1. The van der Waals surface area contributed by atoms with Crippen molar-refractivity contribution in [3.8, 4) is 11.5 Å². The summed E-state index contributed by atoms with van der Waals surface area (Å²) in [6.45, 7) is 0.546. The van der Waals surface area contributed by atoms with Crippen molar-refractivity contribution in [3.63, 3.8) is 0 Å². The second kappa shape index (κ2) is 6.09. The van der Waals surface area contributed by atoms with Gasteiger partial charge in [-0.2, -0.15) is 4.98 Å². The number of anilines is 1. The largest absolute Gasteiger partial charge is 0.334 e. The first-order valence-corrected chi connectivity index (χ1v) is 8.04. The smallest absolute Gasteiger partial charge is 0.259 e. The van der Waals surface area contributed by atoms with Gasteiger partial charge in [-0.3, -0.25) is 4.79 Å². The van der Waals surface area contributed by atoms with Crippen LogP contribution in [0.1, 0.15) is 18.2 Å². The maximum Gasteiger partial charge on any atom is 0.259 e. The Bertz CT molecular complexity index is 879. The van der Waals surface area contributed by atoms with E-state index in [1.165, 1.54) is 0 Å². The highest BCUT2D eigenvalue weighted by Crippen LogP contribution is 2.32. The molecule has 6 heteroatoms. The van der Waals surface area contributed by atoms with Crippen LogP contribution in [0.3, 0.4) is 0 Å². The molecule has 1 aliphatic rings. The van der Waals surface area contributed by atoms with Crippen LogP contribution >= 0.6 is 11.6 Å². The van der Waals surface area contributed by atoms with Crippen LogP contribution in [0.25, 0.3) is 11.5 Å². The van der Waals surface area contributed by atoms with Crippen molar-refractivity contribution in [2.24, 2.45) is 0 Å². The molecule has 0 saturated carbocycles. The van der Waals surface area contributed by atoms with Gasteiger partial charge < -0.3 is 9.42 Å². The Hall–Kier alpha value is -2.66. The summed E-state index contributed by atoms with van der Waals surface area (Å²) in [5, 5.41) is 4.61. The predicted molar refractivity (Wildman–Crippen MR) is 90.9 cm³/mol. The number of hydrogen-bond donors (Lipinski definition) is 0. The minimum Gasteiger partial charge on any atom is -0.334 e. The van der Waals surface area contributed by atoms with E-state index in [9.17, 15) is 4.79 Å². The van der Waals surface area contributed by atoms with Gasteiger partial charge >= 0.3 is 0 Å². The van der Waals surface area contributed by atoms with E-state index in [0.29, 0.717) is 35.3 Å². The summed E-state index contributed by atoms with van der Waals surface area (Å²) in [6.07, 6.45) is 0.371. The molecule has 0 spiro atoms. The predicted octanol–water partition coefficient (Wildman–Crippen LogP) is 3.91. The van der Waals surface area contributed by atoms with E-state index in [-0.39, 0.29) is 11.8 Å². The number of rotatable bonds is 3. The summed E-state index contributed by atoms with van der Waals surface area (Å²) in [6, 6.07) is 16.9. The van der Waals surface area contributed by atoms with Gasteiger partial charge in [0.1, 0.15) is 0 Å². The van der Waals surface area contributed by atoms with Crippen molar-refractivity contribution < 1.29 is 9.32 Å². The maximum atomic E-state index is 12.3. The van der Waals surface area contributed by atoms with Gasteiger partial charge in [0, 0.05) is 24.6 Å². The molecule has 0 bridgehead atoms. The fraction of sp³-hybridized carbons (Fsp3) is 0.167. The van der Waals surface area contributed by atoms with Crippen LogP contribution in [0.4, 0.5) is 5.69 Å².